The van der Waals surface area contributed by atoms with Crippen LogP contribution in [0.4, 0.5) is 10.5 Å². The number of carbonyl (C=O) groups excluding carboxylic acids is 1. The Morgan fingerprint density at radius 1 is 0.812 bits per heavy atom. The molecule has 0 aliphatic carbocycles. The molecular formula is C40H42N4O4. The molecule has 3 atom stereocenters. The molecule has 1 fully saturated rings. The lowest BCUT2D eigenvalue weighted by atomic mass is 9.87. The van der Waals surface area contributed by atoms with Gasteiger partial charge in [0.2, 0.25) is 0 Å². The van der Waals surface area contributed by atoms with Crippen LogP contribution < -0.4 is 0 Å². The number of urea groups is 1. The first-order chi connectivity index (χ1) is 23.5. The molecule has 1 aliphatic heterocycles. The van der Waals surface area contributed by atoms with Crippen LogP contribution >= 0.6 is 0 Å². The number of hydrogen-bond donors (Lipinski definition) is 0. The third-order valence-electron chi connectivity index (χ3n) is 8.76. The van der Waals surface area contributed by atoms with E-state index in [0.717, 1.165) is 28.7 Å². The molecule has 0 radical (unpaired) electrons. The lowest BCUT2D eigenvalue weighted by Crippen LogP contribution is -2.66. The molecule has 0 saturated carbocycles. The molecule has 8 heteroatoms. The highest BCUT2D eigenvalue weighted by Gasteiger charge is 2.47. The Balaban J connectivity index is 1.58. The lowest BCUT2D eigenvalue weighted by molar-refractivity contribution is -0.150. The molecule has 1 heterocycles. The molecule has 4 aromatic rings. The van der Waals surface area contributed by atoms with Crippen molar-refractivity contribution in [2.45, 2.75) is 57.5 Å². The Morgan fingerprint density at radius 2 is 1.50 bits per heavy atom. The van der Waals surface area contributed by atoms with Gasteiger partial charge in [-0.2, -0.15) is 5.26 Å². The minimum atomic E-state index is -0.418. The maximum Gasteiger partial charge on any atom is 0.321 e. The van der Waals surface area contributed by atoms with Gasteiger partial charge in [0.15, 0.2) is 5.69 Å². The van der Waals surface area contributed by atoms with E-state index >= 15 is 0 Å². The van der Waals surface area contributed by atoms with E-state index in [9.17, 15) is 10.1 Å². The topological polar surface area (TPSA) is 79.4 Å². The zero-order chi connectivity index (χ0) is 33.7. The lowest BCUT2D eigenvalue weighted by Gasteiger charge is -2.51. The van der Waals surface area contributed by atoms with Gasteiger partial charge in [0.25, 0.3) is 0 Å². The van der Waals surface area contributed by atoms with Gasteiger partial charge in [-0.25, -0.2) is 9.64 Å². The molecule has 1 saturated heterocycles. The number of hydrogen-bond acceptors (Lipinski definition) is 5. The van der Waals surface area contributed by atoms with Gasteiger partial charge in [0, 0.05) is 20.2 Å². The minimum absolute atomic E-state index is 0.0489. The summed E-state index contributed by atoms with van der Waals surface area (Å²) in [5.74, 6) is 0. The highest BCUT2D eigenvalue weighted by Crippen LogP contribution is 2.33. The van der Waals surface area contributed by atoms with E-state index in [2.05, 4.69) is 54.2 Å². The zero-order valence-electron chi connectivity index (χ0n) is 27.6. The van der Waals surface area contributed by atoms with Gasteiger partial charge < -0.3 is 24.0 Å². The highest BCUT2D eigenvalue weighted by molar-refractivity contribution is 5.77. The van der Waals surface area contributed by atoms with Crippen molar-refractivity contribution in [1.82, 2.24) is 9.80 Å². The standard InChI is InChI=1S/C40H42N4O4/c1-30-15-17-32(18-16-30)25-38-39(48-29-47-22-21-46-3)37(20-19-31-9-5-4-6-10-31)43(27-34-12-7-11-33(23-34)26-41)40(45)44(38)28-35-13-8-14-36(24-35)42-2/h4-18,23-24,37-39H,19-22,25,27-29H2,1,3H3/t37-,38-,39-/m1/s1. The quantitative estimate of drug-likeness (QED) is 0.0764. The van der Waals surface area contributed by atoms with Crippen molar-refractivity contribution in [3.63, 3.8) is 0 Å². The SMILES string of the molecule is [C-]#[N+]c1cccc(CN2C(=O)N(Cc3cccc(C#N)c3)[C@H](CCc3ccccc3)[C@@H](OCOCCOC)[C@H]2Cc2ccc(C)cc2)c1. The van der Waals surface area contributed by atoms with Crippen LogP contribution in [-0.2, 0) is 40.1 Å². The van der Waals surface area contributed by atoms with Crippen molar-refractivity contribution in [3.8, 4) is 6.07 Å². The fourth-order valence-electron chi connectivity index (χ4n) is 6.31. The summed E-state index contributed by atoms with van der Waals surface area (Å²) in [6.45, 7) is 11.1. The van der Waals surface area contributed by atoms with Crippen molar-refractivity contribution >= 4 is 11.7 Å². The molecule has 48 heavy (non-hydrogen) atoms. The van der Waals surface area contributed by atoms with Gasteiger partial charge in [-0.05, 0) is 60.6 Å². The maximum atomic E-state index is 14.9. The Hall–Kier alpha value is -4.99. The first-order valence-electron chi connectivity index (χ1n) is 16.3. The molecule has 0 aromatic heterocycles. The Bertz CT molecular complexity index is 1710. The first-order valence-corrected chi connectivity index (χ1v) is 16.3. The Labute approximate surface area is 283 Å². The van der Waals surface area contributed by atoms with Crippen LogP contribution in [0.2, 0.25) is 0 Å². The molecule has 2 amide bonds. The number of benzene rings is 4. The fourth-order valence-corrected chi connectivity index (χ4v) is 6.31. The van der Waals surface area contributed by atoms with Crippen LogP contribution in [0.15, 0.2) is 103 Å². The number of aryl methyl sites for hydroxylation is 2. The monoisotopic (exact) mass is 642 g/mol. The summed E-state index contributed by atoms with van der Waals surface area (Å²) in [4.78, 5) is 22.3. The van der Waals surface area contributed by atoms with E-state index in [0.29, 0.717) is 50.4 Å². The van der Waals surface area contributed by atoms with Crippen molar-refractivity contribution in [3.05, 3.63) is 148 Å². The summed E-state index contributed by atoms with van der Waals surface area (Å²) in [6.07, 6.45) is 1.58. The molecule has 1 aliphatic rings. The molecule has 0 bridgehead atoms. The average Bonchev–Trinajstić information content (AvgIpc) is 3.12. The fraction of sp³-hybridized carbons (Fsp3) is 0.325. The molecular weight excluding hydrogens is 600 g/mol. The van der Waals surface area contributed by atoms with Crippen molar-refractivity contribution in [1.29, 1.82) is 5.26 Å². The summed E-state index contributed by atoms with van der Waals surface area (Å²) in [7, 11) is 1.63. The van der Waals surface area contributed by atoms with Gasteiger partial charge in [-0.3, -0.25) is 0 Å². The molecule has 4 aromatic carbocycles. The summed E-state index contributed by atoms with van der Waals surface area (Å²) in [5, 5.41) is 9.62. The van der Waals surface area contributed by atoms with Crippen molar-refractivity contribution < 1.29 is 19.0 Å². The van der Waals surface area contributed by atoms with Crippen molar-refractivity contribution in [2.24, 2.45) is 0 Å². The van der Waals surface area contributed by atoms with Gasteiger partial charge >= 0.3 is 6.03 Å². The minimum Gasteiger partial charge on any atom is -0.382 e. The van der Waals surface area contributed by atoms with Crippen LogP contribution in [0, 0.1) is 24.8 Å². The predicted molar refractivity (Wildman–Crippen MR) is 185 cm³/mol. The average molecular weight is 643 g/mol. The van der Waals surface area contributed by atoms with Gasteiger partial charge in [0.1, 0.15) is 12.9 Å². The van der Waals surface area contributed by atoms with E-state index in [1.54, 1.807) is 19.2 Å². The summed E-state index contributed by atoms with van der Waals surface area (Å²) < 4.78 is 17.7. The number of carbonyl (C=O) groups is 1. The molecule has 5 rings (SSSR count). The van der Waals surface area contributed by atoms with Crippen LogP contribution in [0.3, 0.4) is 0 Å². The summed E-state index contributed by atoms with van der Waals surface area (Å²) in [5.41, 5.74) is 6.25. The second-order valence-corrected chi connectivity index (χ2v) is 12.1. The van der Waals surface area contributed by atoms with Crippen molar-refractivity contribution in [2.75, 3.05) is 27.1 Å². The van der Waals surface area contributed by atoms with Crippen LogP contribution in [0.1, 0.15) is 39.8 Å². The van der Waals surface area contributed by atoms with Crippen LogP contribution in [0.25, 0.3) is 4.85 Å². The van der Waals surface area contributed by atoms with E-state index in [1.807, 2.05) is 64.4 Å². The smallest absolute Gasteiger partial charge is 0.321 e. The van der Waals surface area contributed by atoms with E-state index < -0.39 is 6.10 Å². The second-order valence-electron chi connectivity index (χ2n) is 12.1. The van der Waals surface area contributed by atoms with E-state index in [1.165, 1.54) is 5.56 Å². The van der Waals surface area contributed by atoms with E-state index in [4.69, 9.17) is 20.8 Å². The second kappa shape index (κ2) is 17.2. The third-order valence-corrected chi connectivity index (χ3v) is 8.76. The maximum absolute atomic E-state index is 14.9. The number of nitriles is 1. The number of amides is 2. The Morgan fingerprint density at radius 3 is 2.21 bits per heavy atom. The largest absolute Gasteiger partial charge is 0.382 e. The molecule has 8 nitrogen and oxygen atoms in total. The number of methoxy groups -OCH3 is 1. The number of ether oxygens (including phenoxy) is 3. The van der Waals surface area contributed by atoms with Crippen LogP contribution in [0.5, 0.6) is 0 Å². The van der Waals surface area contributed by atoms with Crippen LogP contribution in [-0.4, -0.2) is 61.1 Å². The van der Waals surface area contributed by atoms with Gasteiger partial charge in [-0.1, -0.05) is 96.6 Å². The molecule has 0 N–H and O–H groups in total. The Kier molecular flexibility index (Phi) is 12.3. The third kappa shape index (κ3) is 9.08. The number of nitrogens with zero attached hydrogens (tertiary/aromatic N) is 4. The molecule has 0 unspecified atom stereocenters. The highest BCUT2D eigenvalue weighted by atomic mass is 16.7. The first kappa shape index (κ1) is 34.3. The zero-order valence-corrected chi connectivity index (χ0v) is 27.6. The van der Waals surface area contributed by atoms with E-state index in [-0.39, 0.29) is 24.9 Å². The molecule has 0 spiro atoms. The number of rotatable bonds is 15. The van der Waals surface area contributed by atoms with Gasteiger partial charge in [-0.15, -0.1) is 0 Å². The molecule has 246 valence electrons. The normalized spacial score (nSPS) is 17.6. The summed E-state index contributed by atoms with van der Waals surface area (Å²) in [6, 6.07) is 35.0. The van der Waals surface area contributed by atoms with Gasteiger partial charge in [0.05, 0.1) is 43.5 Å². The predicted octanol–water partition coefficient (Wildman–Crippen LogP) is 7.47. The summed E-state index contributed by atoms with van der Waals surface area (Å²) >= 11 is 0.